The minimum atomic E-state index is -0.522. The minimum absolute atomic E-state index is 0.0895. The highest BCUT2D eigenvalue weighted by Gasteiger charge is 2.23. The van der Waals surface area contributed by atoms with Gasteiger partial charge in [0.25, 0.3) is 5.91 Å². The van der Waals surface area contributed by atoms with E-state index in [1.54, 1.807) is 23.9 Å². The summed E-state index contributed by atoms with van der Waals surface area (Å²) in [7, 11) is 1.71. The predicted octanol–water partition coefficient (Wildman–Crippen LogP) is 2.02. The highest BCUT2D eigenvalue weighted by Crippen LogP contribution is 2.35. The number of benzene rings is 1. The Kier molecular flexibility index (Phi) is 4.06. The third-order valence-electron chi connectivity index (χ3n) is 4.06. The molecular formula is C17H19N3O3. The molecule has 0 aliphatic carbocycles. The lowest BCUT2D eigenvalue weighted by atomic mass is 9.90. The molecule has 0 radical (unpaired) electrons. The van der Waals surface area contributed by atoms with Crippen LogP contribution in [0.15, 0.2) is 36.5 Å². The number of anilines is 1. The maximum atomic E-state index is 12.3. The number of para-hydroxylation sites is 1. The maximum absolute atomic E-state index is 12.3. The van der Waals surface area contributed by atoms with Crippen LogP contribution in [0.2, 0.25) is 0 Å². The van der Waals surface area contributed by atoms with Crippen molar-refractivity contribution < 1.29 is 14.3 Å². The van der Waals surface area contributed by atoms with Crippen LogP contribution < -0.4 is 15.8 Å². The molecule has 120 valence electrons. The van der Waals surface area contributed by atoms with E-state index in [1.807, 2.05) is 24.3 Å². The Morgan fingerprint density at radius 2 is 2.17 bits per heavy atom. The van der Waals surface area contributed by atoms with Crippen LogP contribution in [0.25, 0.3) is 0 Å². The average molecular weight is 313 g/mol. The number of primary amides is 1. The normalized spacial score (nSPS) is 16.3. The number of nitrogens with two attached hydrogens (primary N) is 1. The molecule has 1 aliphatic rings. The van der Waals surface area contributed by atoms with Gasteiger partial charge >= 0.3 is 0 Å². The van der Waals surface area contributed by atoms with Gasteiger partial charge in [-0.2, -0.15) is 0 Å². The summed E-state index contributed by atoms with van der Waals surface area (Å²) in [6.45, 7) is 0.617. The number of carbonyl (C=O) groups excluding carboxylic acids is 2. The van der Waals surface area contributed by atoms with Gasteiger partial charge in [0.05, 0.1) is 12.3 Å². The van der Waals surface area contributed by atoms with Crippen LogP contribution >= 0.6 is 0 Å². The zero-order chi connectivity index (χ0) is 16.4. The van der Waals surface area contributed by atoms with Crippen LogP contribution in [-0.4, -0.2) is 23.0 Å². The number of fused-ring (bicyclic) bond motifs is 1. The Bertz CT molecular complexity index is 751. The van der Waals surface area contributed by atoms with Crippen molar-refractivity contribution in [3.63, 3.8) is 0 Å². The maximum Gasteiger partial charge on any atom is 0.265 e. The Hall–Kier alpha value is -2.76. The lowest BCUT2D eigenvalue weighted by molar-refractivity contribution is -0.116. The summed E-state index contributed by atoms with van der Waals surface area (Å²) in [6, 6.07) is 9.39. The minimum Gasteiger partial charge on any atom is -0.493 e. The van der Waals surface area contributed by atoms with Gasteiger partial charge in [-0.3, -0.25) is 9.59 Å². The van der Waals surface area contributed by atoms with Gasteiger partial charge < -0.3 is 20.4 Å². The molecule has 1 aromatic carbocycles. The van der Waals surface area contributed by atoms with Crippen molar-refractivity contribution in [2.75, 3.05) is 11.9 Å². The van der Waals surface area contributed by atoms with E-state index in [4.69, 9.17) is 10.5 Å². The average Bonchev–Trinajstić information content (AvgIpc) is 2.88. The van der Waals surface area contributed by atoms with Gasteiger partial charge in [-0.1, -0.05) is 18.2 Å². The van der Waals surface area contributed by atoms with E-state index < -0.39 is 5.91 Å². The van der Waals surface area contributed by atoms with Crippen LogP contribution in [0.5, 0.6) is 5.75 Å². The first kappa shape index (κ1) is 15.1. The van der Waals surface area contributed by atoms with Gasteiger partial charge in [-0.25, -0.2) is 0 Å². The molecule has 2 heterocycles. The van der Waals surface area contributed by atoms with E-state index in [9.17, 15) is 9.59 Å². The number of amides is 2. The molecule has 6 heteroatoms. The molecule has 1 atom stereocenters. The number of nitrogens with one attached hydrogen (secondary N) is 1. The summed E-state index contributed by atoms with van der Waals surface area (Å²) < 4.78 is 7.21. The molecule has 23 heavy (non-hydrogen) atoms. The van der Waals surface area contributed by atoms with Crippen molar-refractivity contribution in [1.82, 2.24) is 4.57 Å². The monoisotopic (exact) mass is 313 g/mol. The molecule has 0 fully saturated rings. The third-order valence-corrected chi connectivity index (χ3v) is 4.06. The first-order valence-electron chi connectivity index (χ1n) is 7.52. The van der Waals surface area contributed by atoms with Crippen molar-refractivity contribution in [2.24, 2.45) is 12.8 Å². The van der Waals surface area contributed by atoms with Crippen LogP contribution in [0.4, 0.5) is 5.69 Å². The number of carbonyl (C=O) groups is 2. The van der Waals surface area contributed by atoms with Crippen LogP contribution in [0.3, 0.4) is 0 Å². The van der Waals surface area contributed by atoms with Gasteiger partial charge in [0.15, 0.2) is 0 Å². The quantitative estimate of drug-likeness (QED) is 0.905. The zero-order valence-electron chi connectivity index (χ0n) is 12.9. The van der Waals surface area contributed by atoms with Crippen molar-refractivity contribution >= 4 is 17.5 Å². The molecule has 2 amide bonds. The number of hydrogen-bond acceptors (Lipinski definition) is 3. The van der Waals surface area contributed by atoms with E-state index in [0.717, 1.165) is 17.7 Å². The second kappa shape index (κ2) is 6.16. The smallest absolute Gasteiger partial charge is 0.265 e. The zero-order valence-corrected chi connectivity index (χ0v) is 12.9. The Morgan fingerprint density at radius 3 is 2.91 bits per heavy atom. The van der Waals surface area contributed by atoms with E-state index in [0.29, 0.717) is 24.4 Å². The highest BCUT2D eigenvalue weighted by molar-refractivity contribution is 5.96. The summed E-state index contributed by atoms with van der Waals surface area (Å²) in [4.78, 5) is 23.6. The molecule has 3 rings (SSSR count). The topological polar surface area (TPSA) is 86.3 Å². The first-order valence-corrected chi connectivity index (χ1v) is 7.52. The predicted molar refractivity (Wildman–Crippen MR) is 86.5 cm³/mol. The molecule has 1 aliphatic heterocycles. The largest absolute Gasteiger partial charge is 0.493 e. The standard InChI is InChI=1S/C17H19N3O3/c1-20-10-12(9-14(20)17(18)22)19-16(21)8-11-6-7-23-15-5-3-2-4-13(11)15/h2-5,9-11H,6-8H2,1H3,(H2,18,22)(H,19,21). The van der Waals surface area contributed by atoms with Gasteiger partial charge in [0, 0.05) is 19.7 Å². The summed E-state index contributed by atoms with van der Waals surface area (Å²) in [6.07, 6.45) is 2.86. The fourth-order valence-electron chi connectivity index (χ4n) is 2.94. The molecule has 0 bridgehead atoms. The van der Waals surface area contributed by atoms with E-state index in [-0.39, 0.29) is 11.8 Å². The number of aryl methyl sites for hydroxylation is 1. The van der Waals surface area contributed by atoms with Gasteiger partial charge in [0.2, 0.25) is 5.91 Å². The molecule has 1 aromatic heterocycles. The fraction of sp³-hybridized carbons (Fsp3) is 0.294. The van der Waals surface area contributed by atoms with Gasteiger partial charge in [-0.15, -0.1) is 0 Å². The number of rotatable bonds is 4. The fourth-order valence-corrected chi connectivity index (χ4v) is 2.94. The molecule has 3 N–H and O–H groups in total. The van der Waals surface area contributed by atoms with E-state index in [2.05, 4.69) is 5.32 Å². The van der Waals surface area contributed by atoms with Crippen molar-refractivity contribution in [1.29, 1.82) is 0 Å². The molecule has 6 nitrogen and oxygen atoms in total. The highest BCUT2D eigenvalue weighted by atomic mass is 16.5. The Balaban J connectivity index is 1.69. The van der Waals surface area contributed by atoms with Crippen molar-refractivity contribution in [3.8, 4) is 5.75 Å². The Morgan fingerprint density at radius 1 is 1.39 bits per heavy atom. The van der Waals surface area contributed by atoms with Crippen molar-refractivity contribution in [2.45, 2.75) is 18.8 Å². The number of ether oxygens (including phenoxy) is 1. The summed E-state index contributed by atoms with van der Waals surface area (Å²) in [5.41, 5.74) is 7.28. The molecular weight excluding hydrogens is 294 g/mol. The van der Waals surface area contributed by atoms with E-state index >= 15 is 0 Å². The van der Waals surface area contributed by atoms with Gasteiger partial charge in [-0.05, 0) is 30.0 Å². The van der Waals surface area contributed by atoms with Crippen LogP contribution in [0.1, 0.15) is 34.8 Å². The number of aromatic nitrogens is 1. The van der Waals surface area contributed by atoms with E-state index in [1.165, 1.54) is 0 Å². The second-order valence-electron chi connectivity index (χ2n) is 5.71. The lowest BCUT2D eigenvalue weighted by Crippen LogP contribution is -2.20. The number of hydrogen-bond donors (Lipinski definition) is 2. The SMILES string of the molecule is Cn1cc(NC(=O)CC2CCOc3ccccc32)cc1C(N)=O. The number of nitrogens with zero attached hydrogens (tertiary/aromatic N) is 1. The summed E-state index contributed by atoms with van der Waals surface area (Å²) >= 11 is 0. The van der Waals surface area contributed by atoms with Crippen LogP contribution in [-0.2, 0) is 11.8 Å². The Labute approximate surface area is 134 Å². The lowest BCUT2D eigenvalue weighted by Gasteiger charge is -2.25. The summed E-state index contributed by atoms with van der Waals surface area (Å²) in [5.74, 6) is 0.381. The van der Waals surface area contributed by atoms with Gasteiger partial charge in [0.1, 0.15) is 11.4 Å². The molecule has 0 spiro atoms. The molecule has 1 unspecified atom stereocenters. The van der Waals surface area contributed by atoms with Crippen LogP contribution in [0, 0.1) is 0 Å². The second-order valence-corrected chi connectivity index (χ2v) is 5.71. The first-order chi connectivity index (χ1) is 11.0. The molecule has 0 saturated carbocycles. The molecule has 0 saturated heterocycles. The summed E-state index contributed by atoms with van der Waals surface area (Å²) in [5, 5.41) is 2.83. The van der Waals surface area contributed by atoms with Crippen molar-refractivity contribution in [3.05, 3.63) is 47.8 Å². The molecule has 2 aromatic rings. The third kappa shape index (κ3) is 3.21.